The molecule has 30 heavy (non-hydrogen) atoms. The van der Waals surface area contributed by atoms with E-state index in [-0.39, 0.29) is 24.0 Å². The fourth-order valence-electron chi connectivity index (χ4n) is 2.86. The third-order valence-electron chi connectivity index (χ3n) is 4.26. The first-order chi connectivity index (χ1) is 14.2. The molecule has 0 aliphatic carbocycles. The van der Waals surface area contributed by atoms with Crippen LogP contribution in [0.25, 0.3) is 20.9 Å². The van der Waals surface area contributed by atoms with Gasteiger partial charge in [0.05, 0.1) is 11.4 Å². The van der Waals surface area contributed by atoms with Crippen LogP contribution in [0.1, 0.15) is 23.6 Å². The molecule has 0 fully saturated rings. The van der Waals surface area contributed by atoms with Crippen LogP contribution in [0.4, 0.5) is 0 Å². The standard InChI is InChI=1S/C21H22N4O2S2.HI/c1-2-22-21(23-11-15-13-27-20(25-15)18-8-5-9-28-18)24-12-16(26)19-10-14-6-3-4-7-17(14)29-19;/h3-10,13,16,26H,2,11-12H2,1H3,(H2,22,23,24);1H. The minimum absolute atomic E-state index is 0. The lowest BCUT2D eigenvalue weighted by molar-refractivity contribution is 0.184. The van der Waals surface area contributed by atoms with Crippen molar-refractivity contribution in [1.29, 1.82) is 0 Å². The lowest BCUT2D eigenvalue weighted by atomic mass is 10.2. The summed E-state index contributed by atoms with van der Waals surface area (Å²) in [6, 6.07) is 14.1. The molecule has 0 aliphatic heterocycles. The Balaban J connectivity index is 0.00000256. The lowest BCUT2D eigenvalue weighted by Gasteiger charge is -2.14. The van der Waals surface area contributed by atoms with Crippen molar-refractivity contribution in [2.45, 2.75) is 19.6 Å². The Morgan fingerprint density at radius 2 is 2.10 bits per heavy atom. The van der Waals surface area contributed by atoms with E-state index in [0.717, 1.165) is 27.4 Å². The van der Waals surface area contributed by atoms with Crippen molar-refractivity contribution in [3.63, 3.8) is 0 Å². The summed E-state index contributed by atoms with van der Waals surface area (Å²) in [6.07, 6.45) is 1.03. The predicted molar refractivity (Wildman–Crippen MR) is 135 cm³/mol. The number of aliphatic hydroxyl groups excluding tert-OH is 1. The molecule has 1 unspecified atom stereocenters. The number of oxazole rings is 1. The number of aliphatic imine (C=N–C) groups is 1. The SMILES string of the molecule is CCNC(=NCc1coc(-c2cccs2)n1)NCC(O)c1cc2ccccc2s1.I. The summed E-state index contributed by atoms with van der Waals surface area (Å²) in [5.74, 6) is 1.25. The number of halogens is 1. The molecule has 3 heterocycles. The Kier molecular flexibility index (Phi) is 8.25. The lowest BCUT2D eigenvalue weighted by Crippen LogP contribution is -2.39. The van der Waals surface area contributed by atoms with Gasteiger partial charge in [-0.05, 0) is 35.9 Å². The fourth-order valence-corrected chi connectivity index (χ4v) is 4.56. The topological polar surface area (TPSA) is 82.7 Å². The first-order valence-electron chi connectivity index (χ1n) is 9.40. The van der Waals surface area contributed by atoms with Crippen LogP contribution >= 0.6 is 46.7 Å². The van der Waals surface area contributed by atoms with E-state index in [1.165, 1.54) is 4.70 Å². The molecule has 0 bridgehead atoms. The average Bonchev–Trinajstić information content (AvgIpc) is 3.49. The molecule has 0 saturated heterocycles. The second-order valence-corrected chi connectivity index (χ2v) is 8.46. The number of thiophene rings is 2. The van der Waals surface area contributed by atoms with Gasteiger partial charge in [-0.15, -0.1) is 46.7 Å². The molecule has 6 nitrogen and oxygen atoms in total. The molecule has 4 aromatic rings. The Morgan fingerprint density at radius 3 is 2.87 bits per heavy atom. The normalized spacial score (nSPS) is 12.5. The Bertz CT molecular complexity index is 1060. The molecule has 1 aromatic carbocycles. The number of nitrogens with zero attached hydrogens (tertiary/aromatic N) is 2. The molecule has 0 amide bonds. The molecular formula is C21H23IN4O2S2. The van der Waals surface area contributed by atoms with Crippen LogP contribution in [0, 0.1) is 0 Å². The van der Waals surface area contributed by atoms with Gasteiger partial charge in [0, 0.05) is 22.7 Å². The summed E-state index contributed by atoms with van der Waals surface area (Å²) in [4.78, 5) is 11.0. The zero-order valence-electron chi connectivity index (χ0n) is 16.4. The number of hydrogen-bond donors (Lipinski definition) is 3. The maximum absolute atomic E-state index is 10.6. The second kappa shape index (κ2) is 10.9. The van der Waals surface area contributed by atoms with Gasteiger partial charge in [-0.2, -0.15) is 0 Å². The molecule has 9 heteroatoms. The van der Waals surface area contributed by atoms with Crippen molar-refractivity contribution in [2.24, 2.45) is 4.99 Å². The number of nitrogens with one attached hydrogen (secondary N) is 2. The van der Waals surface area contributed by atoms with Crippen molar-refractivity contribution in [3.8, 4) is 10.8 Å². The Morgan fingerprint density at radius 1 is 1.23 bits per heavy atom. The zero-order valence-corrected chi connectivity index (χ0v) is 20.3. The van der Waals surface area contributed by atoms with Crippen molar-refractivity contribution in [1.82, 2.24) is 15.6 Å². The number of hydrogen-bond acceptors (Lipinski definition) is 6. The summed E-state index contributed by atoms with van der Waals surface area (Å²) in [7, 11) is 0. The van der Waals surface area contributed by atoms with Crippen molar-refractivity contribution in [3.05, 3.63) is 64.7 Å². The average molecular weight is 554 g/mol. The van der Waals surface area contributed by atoms with Crippen molar-refractivity contribution in [2.75, 3.05) is 13.1 Å². The van der Waals surface area contributed by atoms with Crippen LogP contribution in [0.2, 0.25) is 0 Å². The molecule has 1 atom stereocenters. The first-order valence-corrected chi connectivity index (χ1v) is 11.1. The summed E-state index contributed by atoms with van der Waals surface area (Å²) >= 11 is 3.20. The van der Waals surface area contributed by atoms with Crippen LogP contribution in [0.5, 0.6) is 0 Å². The maximum atomic E-state index is 10.6. The second-order valence-electron chi connectivity index (χ2n) is 6.40. The van der Waals surface area contributed by atoms with Crippen molar-refractivity contribution >= 4 is 62.7 Å². The third-order valence-corrected chi connectivity index (χ3v) is 6.34. The van der Waals surface area contributed by atoms with E-state index in [1.807, 2.05) is 42.6 Å². The maximum Gasteiger partial charge on any atom is 0.236 e. The minimum Gasteiger partial charge on any atom is -0.443 e. The van der Waals surface area contributed by atoms with Crippen LogP contribution in [0.15, 0.2) is 63.5 Å². The molecule has 0 saturated carbocycles. The van der Waals surface area contributed by atoms with Crippen molar-refractivity contribution < 1.29 is 9.52 Å². The van der Waals surface area contributed by atoms with Gasteiger partial charge in [0.15, 0.2) is 5.96 Å². The summed E-state index contributed by atoms with van der Waals surface area (Å²) in [5, 5.41) is 20.1. The summed E-state index contributed by atoms with van der Waals surface area (Å²) < 4.78 is 6.71. The fraction of sp³-hybridized carbons (Fsp3) is 0.238. The number of aliphatic hydroxyl groups is 1. The van der Waals surface area contributed by atoms with Gasteiger partial charge < -0.3 is 20.2 Å². The first kappa shape index (κ1) is 22.7. The number of guanidine groups is 1. The monoisotopic (exact) mass is 554 g/mol. The van der Waals surface area contributed by atoms with E-state index in [4.69, 9.17) is 4.42 Å². The largest absolute Gasteiger partial charge is 0.443 e. The van der Waals surface area contributed by atoms with Gasteiger partial charge in [-0.3, -0.25) is 0 Å². The van der Waals surface area contributed by atoms with E-state index < -0.39 is 6.10 Å². The highest BCUT2D eigenvalue weighted by atomic mass is 127. The highest BCUT2D eigenvalue weighted by molar-refractivity contribution is 14.0. The van der Waals surface area contributed by atoms with E-state index in [1.54, 1.807) is 28.9 Å². The van der Waals surface area contributed by atoms with Gasteiger partial charge in [0.2, 0.25) is 5.89 Å². The number of benzene rings is 1. The minimum atomic E-state index is -0.603. The third kappa shape index (κ3) is 5.60. The van der Waals surface area contributed by atoms with Crippen LogP contribution in [-0.4, -0.2) is 29.1 Å². The molecule has 3 aromatic heterocycles. The zero-order chi connectivity index (χ0) is 20.1. The van der Waals surface area contributed by atoms with Gasteiger partial charge in [0.25, 0.3) is 0 Å². The van der Waals surface area contributed by atoms with E-state index in [9.17, 15) is 5.11 Å². The molecule has 0 spiro atoms. The van der Waals surface area contributed by atoms with Gasteiger partial charge in [-0.25, -0.2) is 9.98 Å². The molecular weight excluding hydrogens is 531 g/mol. The Labute approximate surface area is 200 Å². The molecule has 3 N–H and O–H groups in total. The molecule has 0 radical (unpaired) electrons. The van der Waals surface area contributed by atoms with Gasteiger partial charge in [-0.1, -0.05) is 24.3 Å². The molecule has 4 rings (SSSR count). The molecule has 0 aliphatic rings. The highest BCUT2D eigenvalue weighted by Crippen LogP contribution is 2.29. The summed E-state index contributed by atoms with van der Waals surface area (Å²) in [6.45, 7) is 3.50. The van der Waals surface area contributed by atoms with Crippen LogP contribution in [0.3, 0.4) is 0 Å². The highest BCUT2D eigenvalue weighted by Gasteiger charge is 2.12. The quantitative estimate of drug-likeness (QED) is 0.170. The van der Waals surface area contributed by atoms with Crippen LogP contribution < -0.4 is 10.6 Å². The van der Waals surface area contributed by atoms with E-state index in [0.29, 0.717) is 24.9 Å². The van der Waals surface area contributed by atoms with Gasteiger partial charge in [0.1, 0.15) is 18.1 Å². The molecule has 158 valence electrons. The number of aromatic nitrogens is 1. The van der Waals surface area contributed by atoms with E-state index >= 15 is 0 Å². The number of fused-ring (bicyclic) bond motifs is 1. The number of rotatable bonds is 7. The van der Waals surface area contributed by atoms with Gasteiger partial charge >= 0.3 is 0 Å². The Hall–Kier alpha value is -1.95. The van der Waals surface area contributed by atoms with E-state index in [2.05, 4.69) is 32.7 Å². The predicted octanol–water partition coefficient (Wildman–Crippen LogP) is 5.02. The van der Waals surface area contributed by atoms with Crippen LogP contribution in [-0.2, 0) is 6.54 Å². The smallest absolute Gasteiger partial charge is 0.236 e. The summed E-state index contributed by atoms with van der Waals surface area (Å²) in [5.41, 5.74) is 0.760.